The van der Waals surface area contributed by atoms with Crippen LogP contribution < -0.4 is 5.32 Å². The molecule has 5 heteroatoms. The zero-order valence-corrected chi connectivity index (χ0v) is 10.5. The SMILES string of the molecule is c1c[nH]c(CCn2cncc2C2CCCCN2)n1. The van der Waals surface area contributed by atoms with E-state index in [4.69, 9.17) is 0 Å². The van der Waals surface area contributed by atoms with Crippen LogP contribution in [0.15, 0.2) is 24.9 Å². The highest BCUT2D eigenvalue weighted by Gasteiger charge is 2.18. The van der Waals surface area contributed by atoms with Crippen molar-refractivity contribution in [3.63, 3.8) is 0 Å². The summed E-state index contributed by atoms with van der Waals surface area (Å²) in [6.07, 6.45) is 12.3. The first-order chi connectivity index (χ1) is 8.93. The van der Waals surface area contributed by atoms with E-state index in [2.05, 4.69) is 24.8 Å². The molecule has 1 unspecified atom stereocenters. The third kappa shape index (κ3) is 2.46. The molecule has 2 N–H and O–H groups in total. The molecule has 0 bridgehead atoms. The summed E-state index contributed by atoms with van der Waals surface area (Å²) in [7, 11) is 0. The summed E-state index contributed by atoms with van der Waals surface area (Å²) in [5, 5.41) is 3.57. The summed E-state index contributed by atoms with van der Waals surface area (Å²) >= 11 is 0. The van der Waals surface area contributed by atoms with Gasteiger partial charge in [-0.1, -0.05) is 6.42 Å². The number of nitrogens with zero attached hydrogens (tertiary/aromatic N) is 3. The van der Waals surface area contributed by atoms with Crippen molar-refractivity contribution in [2.75, 3.05) is 6.54 Å². The lowest BCUT2D eigenvalue weighted by Gasteiger charge is -2.24. The minimum absolute atomic E-state index is 0.470. The molecule has 96 valence electrons. The summed E-state index contributed by atoms with van der Waals surface area (Å²) < 4.78 is 2.24. The van der Waals surface area contributed by atoms with Crippen LogP contribution in [-0.2, 0) is 13.0 Å². The Morgan fingerprint density at radius 3 is 3.17 bits per heavy atom. The summed E-state index contributed by atoms with van der Waals surface area (Å²) in [5.74, 6) is 1.03. The minimum atomic E-state index is 0.470. The van der Waals surface area contributed by atoms with E-state index in [1.807, 2.05) is 18.7 Å². The van der Waals surface area contributed by atoms with Gasteiger partial charge in [0.05, 0.1) is 12.0 Å². The largest absolute Gasteiger partial charge is 0.349 e. The molecule has 2 aromatic heterocycles. The lowest BCUT2D eigenvalue weighted by atomic mass is 10.0. The number of nitrogens with one attached hydrogen (secondary N) is 2. The molecule has 3 rings (SSSR count). The summed E-state index contributed by atoms with van der Waals surface area (Å²) in [6, 6.07) is 0.470. The maximum Gasteiger partial charge on any atom is 0.107 e. The maximum atomic E-state index is 4.29. The van der Waals surface area contributed by atoms with Gasteiger partial charge >= 0.3 is 0 Å². The Kier molecular flexibility index (Phi) is 3.41. The Morgan fingerprint density at radius 1 is 1.39 bits per heavy atom. The number of piperidine rings is 1. The maximum absolute atomic E-state index is 4.29. The monoisotopic (exact) mass is 245 g/mol. The zero-order valence-electron chi connectivity index (χ0n) is 10.5. The fraction of sp³-hybridized carbons (Fsp3) is 0.538. The van der Waals surface area contributed by atoms with Crippen LogP contribution >= 0.6 is 0 Å². The van der Waals surface area contributed by atoms with E-state index in [1.54, 1.807) is 6.20 Å². The highest BCUT2D eigenvalue weighted by molar-refractivity contribution is 5.06. The predicted molar refractivity (Wildman–Crippen MR) is 69.1 cm³/mol. The Morgan fingerprint density at radius 2 is 2.39 bits per heavy atom. The van der Waals surface area contributed by atoms with Gasteiger partial charge in [0.1, 0.15) is 5.82 Å². The van der Waals surface area contributed by atoms with Gasteiger partial charge in [-0.2, -0.15) is 0 Å². The summed E-state index contributed by atoms with van der Waals surface area (Å²) in [6.45, 7) is 2.05. The molecule has 0 spiro atoms. The number of hydrogen-bond donors (Lipinski definition) is 2. The Hall–Kier alpha value is -1.62. The van der Waals surface area contributed by atoms with Gasteiger partial charge in [-0.05, 0) is 19.4 Å². The Bertz CT molecular complexity index is 467. The highest BCUT2D eigenvalue weighted by Crippen LogP contribution is 2.22. The third-order valence-electron chi connectivity index (χ3n) is 3.56. The smallest absolute Gasteiger partial charge is 0.107 e. The van der Waals surface area contributed by atoms with Crippen LogP contribution in [0.5, 0.6) is 0 Å². The number of aryl methyl sites for hydroxylation is 2. The Balaban J connectivity index is 1.67. The van der Waals surface area contributed by atoms with Gasteiger partial charge < -0.3 is 14.9 Å². The molecule has 1 fully saturated rings. The molecular weight excluding hydrogens is 226 g/mol. The van der Waals surface area contributed by atoms with Gasteiger partial charge in [0.2, 0.25) is 0 Å². The van der Waals surface area contributed by atoms with Crippen molar-refractivity contribution < 1.29 is 0 Å². The molecule has 2 aromatic rings. The van der Waals surface area contributed by atoms with Crippen molar-refractivity contribution in [2.45, 2.75) is 38.3 Å². The van der Waals surface area contributed by atoms with Gasteiger partial charge in [0.25, 0.3) is 0 Å². The van der Waals surface area contributed by atoms with E-state index in [0.29, 0.717) is 6.04 Å². The topological polar surface area (TPSA) is 58.5 Å². The van der Waals surface area contributed by atoms with Gasteiger partial charge in [-0.15, -0.1) is 0 Å². The quantitative estimate of drug-likeness (QED) is 0.861. The summed E-state index contributed by atoms with van der Waals surface area (Å²) in [4.78, 5) is 11.7. The van der Waals surface area contributed by atoms with E-state index in [9.17, 15) is 0 Å². The molecule has 1 aliphatic heterocycles. The number of aromatic amines is 1. The number of rotatable bonds is 4. The lowest BCUT2D eigenvalue weighted by molar-refractivity contribution is 0.393. The van der Waals surface area contributed by atoms with Crippen molar-refractivity contribution in [1.82, 2.24) is 24.8 Å². The van der Waals surface area contributed by atoms with Gasteiger partial charge in [-0.3, -0.25) is 0 Å². The van der Waals surface area contributed by atoms with E-state index in [-0.39, 0.29) is 0 Å². The number of hydrogen-bond acceptors (Lipinski definition) is 3. The van der Waals surface area contributed by atoms with Crippen LogP contribution in [0.2, 0.25) is 0 Å². The molecule has 18 heavy (non-hydrogen) atoms. The molecule has 3 heterocycles. The van der Waals surface area contributed by atoms with Gasteiger partial charge in [0.15, 0.2) is 0 Å². The molecule has 0 saturated carbocycles. The average Bonchev–Trinajstić information content (AvgIpc) is 3.09. The first-order valence-electron chi connectivity index (χ1n) is 6.65. The molecule has 1 atom stereocenters. The fourth-order valence-electron chi connectivity index (χ4n) is 2.57. The number of imidazole rings is 2. The van der Waals surface area contributed by atoms with E-state index in [0.717, 1.165) is 25.3 Å². The van der Waals surface area contributed by atoms with E-state index >= 15 is 0 Å². The van der Waals surface area contributed by atoms with Crippen molar-refractivity contribution in [3.8, 4) is 0 Å². The van der Waals surface area contributed by atoms with Gasteiger partial charge in [-0.25, -0.2) is 9.97 Å². The second-order valence-corrected chi connectivity index (χ2v) is 4.80. The molecule has 1 aliphatic rings. The molecule has 1 saturated heterocycles. The Labute approximate surface area is 107 Å². The molecule has 5 nitrogen and oxygen atoms in total. The van der Waals surface area contributed by atoms with Crippen molar-refractivity contribution in [2.24, 2.45) is 0 Å². The number of H-pyrrole nitrogens is 1. The molecule has 0 amide bonds. The van der Waals surface area contributed by atoms with Crippen LogP contribution in [-0.4, -0.2) is 26.1 Å². The minimum Gasteiger partial charge on any atom is -0.349 e. The van der Waals surface area contributed by atoms with Crippen LogP contribution in [0.25, 0.3) is 0 Å². The predicted octanol–water partition coefficient (Wildman–Crippen LogP) is 1.66. The van der Waals surface area contributed by atoms with Crippen LogP contribution in [0, 0.1) is 0 Å². The normalized spacial score (nSPS) is 20.1. The van der Waals surface area contributed by atoms with Crippen molar-refractivity contribution in [1.29, 1.82) is 0 Å². The lowest BCUT2D eigenvalue weighted by Crippen LogP contribution is -2.28. The summed E-state index contributed by atoms with van der Waals surface area (Å²) in [5.41, 5.74) is 1.31. The van der Waals surface area contributed by atoms with Crippen LogP contribution in [0.1, 0.15) is 36.8 Å². The second-order valence-electron chi connectivity index (χ2n) is 4.80. The van der Waals surface area contributed by atoms with E-state index < -0.39 is 0 Å². The standard InChI is InChI=1S/C13H19N5/c1-2-5-15-11(3-1)12-9-14-10-18(12)8-4-13-16-6-7-17-13/h6-7,9-11,15H,1-5,8H2,(H,16,17). The fourth-order valence-corrected chi connectivity index (χ4v) is 2.57. The average molecular weight is 245 g/mol. The van der Waals surface area contributed by atoms with Gasteiger partial charge in [0, 0.05) is 37.6 Å². The first-order valence-corrected chi connectivity index (χ1v) is 6.65. The third-order valence-corrected chi connectivity index (χ3v) is 3.56. The van der Waals surface area contributed by atoms with E-state index in [1.165, 1.54) is 25.0 Å². The molecule has 0 aromatic carbocycles. The second kappa shape index (κ2) is 5.35. The zero-order chi connectivity index (χ0) is 12.2. The van der Waals surface area contributed by atoms with Crippen molar-refractivity contribution >= 4 is 0 Å². The number of aromatic nitrogens is 4. The highest BCUT2D eigenvalue weighted by atomic mass is 15.1. The van der Waals surface area contributed by atoms with Crippen molar-refractivity contribution in [3.05, 3.63) is 36.4 Å². The molecular formula is C13H19N5. The molecule has 0 aliphatic carbocycles. The first kappa shape index (κ1) is 11.5. The van der Waals surface area contributed by atoms with Crippen LogP contribution in [0.4, 0.5) is 0 Å². The molecule has 0 radical (unpaired) electrons. The van der Waals surface area contributed by atoms with Crippen LogP contribution in [0.3, 0.4) is 0 Å².